The van der Waals surface area contributed by atoms with Gasteiger partial charge in [-0.2, -0.15) is 5.26 Å². The first-order valence-corrected chi connectivity index (χ1v) is 8.75. The summed E-state index contributed by atoms with van der Waals surface area (Å²) in [7, 11) is -3.71. The molecule has 0 amide bonds. The van der Waals surface area contributed by atoms with E-state index in [9.17, 15) is 8.42 Å². The molecule has 0 saturated carbocycles. The van der Waals surface area contributed by atoms with Crippen LogP contribution in [0, 0.1) is 11.3 Å². The van der Waals surface area contributed by atoms with Crippen LogP contribution in [0.25, 0.3) is 10.8 Å². The van der Waals surface area contributed by atoms with E-state index in [-0.39, 0.29) is 23.8 Å². The Morgan fingerprint density at radius 3 is 2.44 bits per heavy atom. The third kappa shape index (κ3) is 3.91. The van der Waals surface area contributed by atoms with Crippen LogP contribution in [-0.2, 0) is 16.6 Å². The van der Waals surface area contributed by atoms with E-state index in [1.54, 1.807) is 60.7 Å². The Morgan fingerprint density at radius 1 is 1.00 bits per heavy atom. The molecule has 0 spiro atoms. The number of hydrogen-bond donors (Lipinski definition) is 2. The zero-order chi connectivity index (χ0) is 17.2. The van der Waals surface area contributed by atoms with Crippen molar-refractivity contribution in [2.24, 2.45) is 0 Å². The second-order valence-electron chi connectivity index (χ2n) is 5.34. The molecule has 3 N–H and O–H groups in total. The van der Waals surface area contributed by atoms with E-state index in [1.165, 1.54) is 0 Å². The van der Waals surface area contributed by atoms with Gasteiger partial charge in [-0.25, -0.2) is 13.1 Å². The van der Waals surface area contributed by atoms with Gasteiger partial charge >= 0.3 is 0 Å². The number of benzene rings is 3. The highest BCUT2D eigenvalue weighted by molar-refractivity contribution is 7.89. The summed E-state index contributed by atoms with van der Waals surface area (Å²) in [6.45, 7) is 0.108. The monoisotopic (exact) mass is 373 g/mol. The SMILES string of the molecule is Cl.N#Cc1cccc(CNS(=O)(=O)c2cccc3c(N)cccc23)c1. The average molecular weight is 374 g/mol. The molecule has 25 heavy (non-hydrogen) atoms. The molecule has 0 saturated heterocycles. The number of nitrogens with one attached hydrogen (secondary N) is 1. The Balaban J connectivity index is 0.00000225. The molecule has 0 aliphatic heterocycles. The molecule has 128 valence electrons. The average Bonchev–Trinajstić information content (AvgIpc) is 2.60. The molecule has 0 bridgehead atoms. The maximum Gasteiger partial charge on any atom is 0.241 e. The van der Waals surface area contributed by atoms with Gasteiger partial charge in [-0.05, 0) is 29.8 Å². The number of nitriles is 1. The lowest BCUT2D eigenvalue weighted by Gasteiger charge is -2.11. The van der Waals surface area contributed by atoms with Crippen LogP contribution in [0.15, 0.2) is 65.6 Å². The van der Waals surface area contributed by atoms with E-state index in [1.807, 2.05) is 6.07 Å². The molecule has 0 aliphatic carbocycles. The van der Waals surface area contributed by atoms with Gasteiger partial charge in [0.05, 0.1) is 16.5 Å². The number of sulfonamides is 1. The molecule has 0 unspecified atom stereocenters. The fraction of sp³-hybridized carbons (Fsp3) is 0.0556. The van der Waals surface area contributed by atoms with Gasteiger partial charge in [0.1, 0.15) is 0 Å². The van der Waals surface area contributed by atoms with Crippen molar-refractivity contribution in [1.82, 2.24) is 4.72 Å². The fourth-order valence-electron chi connectivity index (χ4n) is 2.55. The first-order valence-electron chi connectivity index (χ1n) is 7.27. The van der Waals surface area contributed by atoms with Crippen molar-refractivity contribution in [2.75, 3.05) is 5.73 Å². The van der Waals surface area contributed by atoms with Crippen LogP contribution in [0.3, 0.4) is 0 Å². The predicted molar refractivity (Wildman–Crippen MR) is 101 cm³/mol. The zero-order valence-electron chi connectivity index (χ0n) is 13.1. The van der Waals surface area contributed by atoms with E-state index >= 15 is 0 Å². The minimum Gasteiger partial charge on any atom is -0.398 e. The van der Waals surface area contributed by atoms with Gasteiger partial charge in [0.2, 0.25) is 10.0 Å². The van der Waals surface area contributed by atoms with Crippen molar-refractivity contribution in [3.05, 3.63) is 71.8 Å². The lowest BCUT2D eigenvalue weighted by molar-refractivity contribution is 0.582. The minimum absolute atomic E-state index is 0. The van der Waals surface area contributed by atoms with E-state index in [4.69, 9.17) is 11.0 Å². The second-order valence-corrected chi connectivity index (χ2v) is 7.07. The highest BCUT2D eigenvalue weighted by atomic mass is 35.5. The first kappa shape index (κ1) is 18.7. The van der Waals surface area contributed by atoms with E-state index in [0.29, 0.717) is 22.0 Å². The lowest BCUT2D eigenvalue weighted by Crippen LogP contribution is -2.23. The highest BCUT2D eigenvalue weighted by Gasteiger charge is 2.17. The van der Waals surface area contributed by atoms with Crippen molar-refractivity contribution in [3.8, 4) is 6.07 Å². The third-order valence-electron chi connectivity index (χ3n) is 3.73. The van der Waals surface area contributed by atoms with Gasteiger partial charge < -0.3 is 5.73 Å². The second kappa shape index (κ2) is 7.53. The molecule has 0 heterocycles. The minimum atomic E-state index is -3.71. The predicted octanol–water partition coefficient (Wildman–Crippen LogP) is 3.19. The summed E-state index contributed by atoms with van der Waals surface area (Å²) in [4.78, 5) is 0.184. The van der Waals surface area contributed by atoms with Crippen molar-refractivity contribution in [1.29, 1.82) is 5.26 Å². The number of anilines is 1. The molecule has 3 aromatic carbocycles. The maximum absolute atomic E-state index is 12.7. The van der Waals surface area contributed by atoms with Crippen molar-refractivity contribution < 1.29 is 8.42 Å². The lowest BCUT2D eigenvalue weighted by atomic mass is 10.1. The number of nitrogen functional groups attached to an aromatic ring is 1. The van der Waals surface area contributed by atoms with Crippen LogP contribution in [0.4, 0.5) is 5.69 Å². The quantitative estimate of drug-likeness (QED) is 0.686. The number of nitrogens with zero attached hydrogens (tertiary/aromatic N) is 1. The summed E-state index contributed by atoms with van der Waals surface area (Å²) in [6.07, 6.45) is 0. The smallest absolute Gasteiger partial charge is 0.241 e. The summed E-state index contributed by atoms with van der Waals surface area (Å²) < 4.78 is 27.9. The standard InChI is InChI=1S/C18H15N3O2S.ClH/c19-11-13-4-1-5-14(10-13)12-21-24(22,23)18-9-3-6-15-16(18)7-2-8-17(15)20;/h1-10,21H,12,20H2;1H. The molecular formula is C18H16ClN3O2S. The Hall–Kier alpha value is -2.59. The van der Waals surface area contributed by atoms with E-state index in [0.717, 1.165) is 5.56 Å². The molecule has 0 atom stereocenters. The largest absolute Gasteiger partial charge is 0.398 e. The molecular weight excluding hydrogens is 358 g/mol. The topological polar surface area (TPSA) is 96.0 Å². The summed E-state index contributed by atoms with van der Waals surface area (Å²) in [5.41, 5.74) is 7.66. The van der Waals surface area contributed by atoms with Crippen molar-refractivity contribution >= 4 is 38.9 Å². The van der Waals surface area contributed by atoms with Crippen LogP contribution in [0.1, 0.15) is 11.1 Å². The normalized spacial score (nSPS) is 10.8. The van der Waals surface area contributed by atoms with Gasteiger partial charge in [0.15, 0.2) is 0 Å². The maximum atomic E-state index is 12.7. The Labute approximate surface area is 152 Å². The summed E-state index contributed by atoms with van der Waals surface area (Å²) in [5.74, 6) is 0. The van der Waals surface area contributed by atoms with Crippen LogP contribution in [-0.4, -0.2) is 8.42 Å². The first-order chi connectivity index (χ1) is 11.5. The van der Waals surface area contributed by atoms with Crippen LogP contribution in [0.5, 0.6) is 0 Å². The van der Waals surface area contributed by atoms with Crippen LogP contribution < -0.4 is 10.5 Å². The number of halogens is 1. The van der Waals surface area contributed by atoms with Crippen molar-refractivity contribution in [2.45, 2.75) is 11.4 Å². The Kier molecular flexibility index (Phi) is 5.65. The molecule has 3 aromatic rings. The number of fused-ring (bicyclic) bond motifs is 1. The summed E-state index contributed by atoms with van der Waals surface area (Å²) in [6, 6.07) is 19.1. The fourth-order valence-corrected chi connectivity index (χ4v) is 3.78. The zero-order valence-corrected chi connectivity index (χ0v) is 14.8. The highest BCUT2D eigenvalue weighted by Crippen LogP contribution is 2.27. The molecule has 7 heteroatoms. The molecule has 5 nitrogen and oxygen atoms in total. The van der Waals surface area contributed by atoms with Gasteiger partial charge in [0.25, 0.3) is 0 Å². The summed E-state index contributed by atoms with van der Waals surface area (Å²) in [5, 5.41) is 10.2. The molecule has 0 aromatic heterocycles. The molecule has 3 rings (SSSR count). The number of nitrogens with two attached hydrogens (primary N) is 1. The summed E-state index contributed by atoms with van der Waals surface area (Å²) >= 11 is 0. The van der Waals surface area contributed by atoms with Gasteiger partial charge in [-0.15, -0.1) is 12.4 Å². The Morgan fingerprint density at radius 2 is 1.68 bits per heavy atom. The molecule has 0 aliphatic rings. The Bertz CT molecular complexity index is 1060. The van der Waals surface area contributed by atoms with Crippen LogP contribution in [0.2, 0.25) is 0 Å². The van der Waals surface area contributed by atoms with E-state index < -0.39 is 10.0 Å². The van der Waals surface area contributed by atoms with Gasteiger partial charge in [0, 0.05) is 23.0 Å². The number of hydrogen-bond acceptors (Lipinski definition) is 4. The van der Waals surface area contributed by atoms with Gasteiger partial charge in [-0.1, -0.05) is 36.4 Å². The third-order valence-corrected chi connectivity index (χ3v) is 5.19. The van der Waals surface area contributed by atoms with E-state index in [2.05, 4.69) is 4.72 Å². The van der Waals surface area contributed by atoms with Gasteiger partial charge in [-0.3, -0.25) is 0 Å². The number of rotatable bonds is 4. The van der Waals surface area contributed by atoms with Crippen LogP contribution >= 0.6 is 12.4 Å². The molecule has 0 fully saturated rings. The van der Waals surface area contributed by atoms with Crippen molar-refractivity contribution in [3.63, 3.8) is 0 Å². The molecule has 0 radical (unpaired) electrons.